The predicted octanol–water partition coefficient (Wildman–Crippen LogP) is -0.0717. The SMILES string of the molecule is BCc1ccc(C(=O)OC(CS(=O)(=O)O)C(F)(F)F)cc1CB. The first kappa shape index (κ1) is 19.6. The van der Waals surface area contributed by atoms with Crippen molar-refractivity contribution >= 4 is 31.8 Å². The Morgan fingerprint density at radius 1 is 1.22 bits per heavy atom. The molecule has 0 aliphatic carbocycles. The van der Waals surface area contributed by atoms with Crippen LogP contribution >= 0.6 is 0 Å². The first-order chi connectivity index (χ1) is 10.5. The zero-order chi connectivity index (χ0) is 17.8. The number of rotatable bonds is 6. The largest absolute Gasteiger partial charge is 0.448 e. The first-order valence-corrected chi connectivity index (χ1v) is 8.43. The van der Waals surface area contributed by atoms with E-state index in [0.29, 0.717) is 12.6 Å². The molecule has 0 fully saturated rings. The fourth-order valence-corrected chi connectivity index (χ4v) is 2.65. The van der Waals surface area contributed by atoms with Crippen LogP contribution in [0.2, 0.25) is 0 Å². The van der Waals surface area contributed by atoms with Gasteiger partial charge < -0.3 is 4.74 Å². The molecule has 1 aromatic carbocycles. The molecule has 1 aromatic rings. The fraction of sp³-hybridized carbons (Fsp3) is 0.417. The van der Waals surface area contributed by atoms with E-state index in [2.05, 4.69) is 4.74 Å². The highest BCUT2D eigenvalue weighted by atomic mass is 32.2. The molecule has 23 heavy (non-hydrogen) atoms. The minimum absolute atomic E-state index is 0.108. The molecule has 1 rings (SSSR count). The van der Waals surface area contributed by atoms with Gasteiger partial charge in [0.2, 0.25) is 6.10 Å². The predicted molar refractivity (Wildman–Crippen MR) is 82.6 cm³/mol. The molecule has 5 nitrogen and oxygen atoms in total. The van der Waals surface area contributed by atoms with Crippen molar-refractivity contribution in [2.24, 2.45) is 0 Å². The molecule has 0 bridgehead atoms. The van der Waals surface area contributed by atoms with Crippen molar-refractivity contribution in [2.45, 2.75) is 24.9 Å². The van der Waals surface area contributed by atoms with Crippen molar-refractivity contribution in [1.82, 2.24) is 0 Å². The number of benzene rings is 1. The zero-order valence-corrected chi connectivity index (χ0v) is 13.4. The maximum Gasteiger partial charge on any atom is 0.426 e. The van der Waals surface area contributed by atoms with Crippen LogP contribution in [0.5, 0.6) is 0 Å². The quantitative estimate of drug-likeness (QED) is 0.441. The number of hydrogen-bond donors (Lipinski definition) is 1. The highest BCUT2D eigenvalue weighted by molar-refractivity contribution is 7.85. The average molecular weight is 350 g/mol. The van der Waals surface area contributed by atoms with Gasteiger partial charge in [-0.1, -0.05) is 29.8 Å². The Hall–Kier alpha value is -1.48. The van der Waals surface area contributed by atoms with Gasteiger partial charge in [0.1, 0.15) is 21.4 Å². The average Bonchev–Trinajstić information content (AvgIpc) is 2.43. The number of esters is 1. The van der Waals surface area contributed by atoms with E-state index in [0.717, 1.165) is 11.1 Å². The molecule has 11 heteroatoms. The normalized spacial score (nSPS) is 13.6. The van der Waals surface area contributed by atoms with Crippen LogP contribution in [-0.2, 0) is 27.5 Å². The smallest absolute Gasteiger partial charge is 0.426 e. The van der Waals surface area contributed by atoms with Crippen LogP contribution in [0.15, 0.2) is 18.2 Å². The third-order valence-electron chi connectivity index (χ3n) is 3.18. The van der Waals surface area contributed by atoms with Crippen LogP contribution < -0.4 is 0 Å². The minimum Gasteiger partial charge on any atom is -0.448 e. The van der Waals surface area contributed by atoms with Gasteiger partial charge >= 0.3 is 12.1 Å². The molecule has 0 aliphatic rings. The van der Waals surface area contributed by atoms with Crippen molar-refractivity contribution in [2.75, 3.05) is 5.75 Å². The van der Waals surface area contributed by atoms with Gasteiger partial charge in [-0.05, 0) is 12.1 Å². The van der Waals surface area contributed by atoms with Crippen LogP contribution in [0.1, 0.15) is 21.5 Å². The lowest BCUT2D eigenvalue weighted by molar-refractivity contribution is -0.197. The molecular formula is C12H15B2F3O5S. The summed E-state index contributed by atoms with van der Waals surface area (Å²) in [4.78, 5) is 11.9. The summed E-state index contributed by atoms with van der Waals surface area (Å²) in [5.74, 6) is -3.04. The second-order valence-electron chi connectivity index (χ2n) is 4.87. The number of carbonyl (C=O) groups is 1. The van der Waals surface area contributed by atoms with Gasteiger partial charge in [-0.15, -0.1) is 0 Å². The van der Waals surface area contributed by atoms with E-state index >= 15 is 0 Å². The van der Waals surface area contributed by atoms with Crippen molar-refractivity contribution in [3.8, 4) is 0 Å². The number of ether oxygens (including phenoxy) is 1. The summed E-state index contributed by atoms with van der Waals surface area (Å²) >= 11 is 0. The lowest BCUT2D eigenvalue weighted by Gasteiger charge is -2.19. The van der Waals surface area contributed by atoms with Gasteiger partial charge in [-0.25, -0.2) is 4.79 Å². The first-order valence-electron chi connectivity index (χ1n) is 6.82. The molecule has 1 N–H and O–H groups in total. The van der Waals surface area contributed by atoms with Gasteiger partial charge in [-0.3, -0.25) is 4.55 Å². The minimum atomic E-state index is -5.11. The lowest BCUT2D eigenvalue weighted by atomic mass is 9.86. The van der Waals surface area contributed by atoms with E-state index in [1.807, 2.05) is 15.7 Å². The standard InChI is InChI=1S/C12H15B2F3O5S/c13-4-8-2-1-7(3-9(8)5-14)11(18)22-10(12(15,16)17)6-23(19,20)21/h1-3,10H,4-6,13-14H2,(H,19,20,21). The van der Waals surface area contributed by atoms with E-state index in [-0.39, 0.29) is 5.56 Å². The number of halogens is 3. The Bertz CT molecular complexity index is 676. The van der Waals surface area contributed by atoms with Crippen LogP contribution in [0.25, 0.3) is 0 Å². The molecule has 0 radical (unpaired) electrons. The molecule has 0 heterocycles. The Morgan fingerprint density at radius 2 is 1.78 bits per heavy atom. The molecule has 0 aliphatic heterocycles. The summed E-state index contributed by atoms with van der Waals surface area (Å²) in [5.41, 5.74) is 1.64. The third-order valence-corrected chi connectivity index (χ3v) is 3.90. The number of carbonyl (C=O) groups excluding carboxylic acids is 1. The zero-order valence-electron chi connectivity index (χ0n) is 12.6. The third kappa shape index (κ3) is 5.91. The Balaban J connectivity index is 3.03. The molecule has 0 amide bonds. The lowest BCUT2D eigenvalue weighted by Crippen LogP contribution is -2.39. The van der Waals surface area contributed by atoms with Gasteiger partial charge in [0.05, 0.1) is 5.56 Å². The fourth-order valence-electron chi connectivity index (χ4n) is 2.01. The summed E-state index contributed by atoms with van der Waals surface area (Å²) in [6.07, 6.45) is -6.76. The van der Waals surface area contributed by atoms with Crippen LogP contribution in [0.4, 0.5) is 13.2 Å². The number of hydrogen-bond acceptors (Lipinski definition) is 4. The molecule has 1 unspecified atom stereocenters. The second-order valence-corrected chi connectivity index (χ2v) is 6.37. The highest BCUT2D eigenvalue weighted by Crippen LogP contribution is 2.25. The molecular weight excluding hydrogens is 335 g/mol. The van der Waals surface area contributed by atoms with E-state index in [1.54, 1.807) is 6.07 Å². The molecule has 126 valence electrons. The molecule has 1 atom stereocenters. The van der Waals surface area contributed by atoms with Crippen LogP contribution in [-0.4, -0.2) is 52.7 Å². The monoisotopic (exact) mass is 350 g/mol. The summed E-state index contributed by atoms with van der Waals surface area (Å²) in [7, 11) is -1.22. The van der Waals surface area contributed by atoms with Crippen molar-refractivity contribution in [3.05, 3.63) is 34.9 Å². The van der Waals surface area contributed by atoms with Gasteiger partial charge in [0, 0.05) is 0 Å². The van der Waals surface area contributed by atoms with E-state index < -0.39 is 34.1 Å². The summed E-state index contributed by atoms with van der Waals surface area (Å²) in [6.45, 7) is 0. The molecule has 0 saturated heterocycles. The summed E-state index contributed by atoms with van der Waals surface area (Å²) in [6, 6.07) is 4.35. The van der Waals surface area contributed by atoms with Crippen molar-refractivity contribution in [1.29, 1.82) is 0 Å². The molecule has 0 spiro atoms. The van der Waals surface area contributed by atoms with Crippen LogP contribution in [0, 0.1) is 0 Å². The Morgan fingerprint density at radius 3 is 2.22 bits per heavy atom. The highest BCUT2D eigenvalue weighted by Gasteiger charge is 2.45. The Labute approximate surface area is 133 Å². The van der Waals surface area contributed by atoms with E-state index in [1.165, 1.54) is 12.1 Å². The van der Waals surface area contributed by atoms with Gasteiger partial charge in [0.25, 0.3) is 10.1 Å². The summed E-state index contributed by atoms with van der Waals surface area (Å²) in [5, 5.41) is 0. The maximum atomic E-state index is 12.7. The van der Waals surface area contributed by atoms with Gasteiger partial charge in [-0.2, -0.15) is 21.6 Å². The summed E-state index contributed by atoms with van der Waals surface area (Å²) < 4.78 is 72.3. The Kier molecular flexibility index (Phi) is 6.29. The van der Waals surface area contributed by atoms with E-state index in [4.69, 9.17) is 4.55 Å². The second kappa shape index (κ2) is 7.39. The van der Waals surface area contributed by atoms with Crippen LogP contribution in [0.3, 0.4) is 0 Å². The molecule has 0 saturated carbocycles. The molecule has 0 aromatic heterocycles. The number of alkyl halides is 3. The van der Waals surface area contributed by atoms with Crippen molar-refractivity contribution < 1.29 is 35.7 Å². The topological polar surface area (TPSA) is 80.7 Å². The van der Waals surface area contributed by atoms with Crippen molar-refractivity contribution in [3.63, 3.8) is 0 Å². The van der Waals surface area contributed by atoms with Gasteiger partial charge in [0.15, 0.2) is 0 Å². The maximum absolute atomic E-state index is 12.7. The van der Waals surface area contributed by atoms with E-state index in [9.17, 15) is 26.4 Å².